The van der Waals surface area contributed by atoms with Crippen LogP contribution >= 0.6 is 0 Å². The highest BCUT2D eigenvalue weighted by Gasteiger charge is 2.34. The fourth-order valence-electron chi connectivity index (χ4n) is 3.06. The van der Waals surface area contributed by atoms with E-state index in [1.807, 2.05) is 25.1 Å². The number of hydrogen-bond acceptors (Lipinski definition) is 6. The maximum absolute atomic E-state index is 12.2. The van der Waals surface area contributed by atoms with Gasteiger partial charge in [-0.2, -0.15) is 0 Å². The molecular formula is C19H29NO5. The van der Waals surface area contributed by atoms with Gasteiger partial charge in [0.15, 0.2) is 0 Å². The molecule has 1 aromatic rings. The summed E-state index contributed by atoms with van der Waals surface area (Å²) in [5, 5.41) is 11.9. The number of carbonyl (C=O) groups is 1. The van der Waals surface area contributed by atoms with Gasteiger partial charge in [-0.3, -0.25) is 4.79 Å². The maximum atomic E-state index is 12.2. The molecule has 140 valence electrons. The number of carbonyl (C=O) groups excluding carboxylic acids is 1. The van der Waals surface area contributed by atoms with Crippen molar-refractivity contribution in [2.24, 2.45) is 5.92 Å². The second kappa shape index (κ2) is 10.5. The molecule has 0 bridgehead atoms. The zero-order valence-corrected chi connectivity index (χ0v) is 15.0. The van der Waals surface area contributed by atoms with E-state index < -0.39 is 12.1 Å². The molecule has 2 rings (SSSR count). The average molecular weight is 351 g/mol. The molecule has 1 saturated heterocycles. The summed E-state index contributed by atoms with van der Waals surface area (Å²) in [6.07, 6.45) is 0.648. The van der Waals surface area contributed by atoms with Gasteiger partial charge in [0.05, 0.1) is 19.3 Å². The van der Waals surface area contributed by atoms with E-state index in [9.17, 15) is 4.79 Å². The molecule has 6 nitrogen and oxygen atoms in total. The molecule has 0 aromatic heterocycles. The first-order valence-electron chi connectivity index (χ1n) is 8.87. The van der Waals surface area contributed by atoms with Gasteiger partial charge in [-0.1, -0.05) is 30.3 Å². The molecule has 25 heavy (non-hydrogen) atoms. The van der Waals surface area contributed by atoms with Crippen molar-refractivity contribution in [1.82, 2.24) is 5.32 Å². The Bertz CT molecular complexity index is 510. The van der Waals surface area contributed by atoms with E-state index in [-0.39, 0.29) is 31.2 Å². The van der Waals surface area contributed by atoms with E-state index in [0.29, 0.717) is 19.6 Å². The second-order valence-electron chi connectivity index (χ2n) is 6.38. The Morgan fingerprint density at radius 1 is 1.28 bits per heavy atom. The van der Waals surface area contributed by atoms with Crippen LogP contribution in [0.2, 0.25) is 0 Å². The molecule has 0 radical (unpaired) electrons. The first-order chi connectivity index (χ1) is 12.2. The minimum atomic E-state index is -0.476. The zero-order chi connectivity index (χ0) is 18.1. The van der Waals surface area contributed by atoms with Crippen LogP contribution in [0, 0.1) is 5.92 Å². The predicted octanol–water partition coefficient (Wildman–Crippen LogP) is 1.16. The molecule has 6 heteroatoms. The lowest BCUT2D eigenvalue weighted by atomic mass is 9.91. The Morgan fingerprint density at radius 2 is 2.04 bits per heavy atom. The van der Waals surface area contributed by atoms with Gasteiger partial charge in [-0.05, 0) is 32.4 Å². The molecule has 0 aliphatic carbocycles. The number of aliphatic hydroxyl groups excluding tert-OH is 1. The van der Waals surface area contributed by atoms with Gasteiger partial charge in [0, 0.05) is 19.1 Å². The minimum Gasteiger partial charge on any atom is -0.459 e. The third kappa shape index (κ3) is 6.08. The molecule has 0 spiro atoms. The maximum Gasteiger partial charge on any atom is 0.325 e. The molecule has 1 heterocycles. The van der Waals surface area contributed by atoms with Gasteiger partial charge < -0.3 is 24.6 Å². The third-order valence-corrected chi connectivity index (χ3v) is 4.43. The highest BCUT2D eigenvalue weighted by molar-refractivity contribution is 5.76. The van der Waals surface area contributed by atoms with Crippen LogP contribution in [0.4, 0.5) is 0 Å². The summed E-state index contributed by atoms with van der Waals surface area (Å²) < 4.78 is 17.4. The Kier molecular flexibility index (Phi) is 8.34. The van der Waals surface area contributed by atoms with Crippen molar-refractivity contribution in [3.63, 3.8) is 0 Å². The normalized spacial score (nSPS) is 27.9. The van der Waals surface area contributed by atoms with Gasteiger partial charge in [-0.15, -0.1) is 0 Å². The zero-order valence-electron chi connectivity index (χ0n) is 15.0. The van der Waals surface area contributed by atoms with Crippen molar-refractivity contribution in [3.05, 3.63) is 35.9 Å². The van der Waals surface area contributed by atoms with E-state index >= 15 is 0 Å². The lowest BCUT2D eigenvalue weighted by Crippen LogP contribution is -2.43. The van der Waals surface area contributed by atoms with Crippen LogP contribution in [-0.4, -0.2) is 62.8 Å². The molecule has 1 aromatic carbocycles. The van der Waals surface area contributed by atoms with Crippen molar-refractivity contribution in [1.29, 1.82) is 0 Å². The Hall–Kier alpha value is -1.47. The largest absolute Gasteiger partial charge is 0.459 e. The monoisotopic (exact) mass is 351 g/mol. The lowest BCUT2D eigenvalue weighted by molar-refractivity contribution is -0.160. The van der Waals surface area contributed by atoms with E-state index in [4.69, 9.17) is 19.3 Å². The topological polar surface area (TPSA) is 77.0 Å². The first-order valence-corrected chi connectivity index (χ1v) is 8.87. The first kappa shape index (κ1) is 19.8. The third-order valence-electron chi connectivity index (χ3n) is 4.43. The van der Waals surface area contributed by atoms with Crippen LogP contribution < -0.4 is 5.32 Å². The van der Waals surface area contributed by atoms with E-state index in [1.54, 1.807) is 7.05 Å². The highest BCUT2D eigenvalue weighted by atomic mass is 16.6. The van der Waals surface area contributed by atoms with Crippen molar-refractivity contribution in [2.45, 2.75) is 38.0 Å². The predicted molar refractivity (Wildman–Crippen MR) is 94.3 cm³/mol. The quantitative estimate of drug-likeness (QED) is 0.567. The number of aliphatic hydroxyl groups is 1. The molecule has 1 fully saturated rings. The number of esters is 1. The van der Waals surface area contributed by atoms with E-state index in [2.05, 4.69) is 17.4 Å². The number of cyclic esters (lactones) is 1. The van der Waals surface area contributed by atoms with Crippen LogP contribution in [0.3, 0.4) is 0 Å². The fourth-order valence-corrected chi connectivity index (χ4v) is 3.06. The molecule has 1 aliphatic rings. The summed E-state index contributed by atoms with van der Waals surface area (Å²) in [6, 6.07) is 9.67. The summed E-state index contributed by atoms with van der Waals surface area (Å²) >= 11 is 0. The summed E-state index contributed by atoms with van der Waals surface area (Å²) in [7, 11) is 1.72. The van der Waals surface area contributed by atoms with Crippen LogP contribution in [0.25, 0.3) is 0 Å². The Balaban J connectivity index is 2.15. The van der Waals surface area contributed by atoms with E-state index in [1.165, 1.54) is 5.56 Å². The Morgan fingerprint density at radius 3 is 2.72 bits per heavy atom. The summed E-state index contributed by atoms with van der Waals surface area (Å²) in [4.78, 5) is 12.2. The number of rotatable bonds is 7. The molecule has 2 N–H and O–H groups in total. The summed E-state index contributed by atoms with van der Waals surface area (Å²) in [5.74, 6) is -0.273. The van der Waals surface area contributed by atoms with Gasteiger partial charge >= 0.3 is 5.97 Å². The van der Waals surface area contributed by atoms with Crippen molar-refractivity contribution in [2.75, 3.05) is 33.5 Å². The number of likely N-dealkylation sites (N-methyl/N-ethyl adjacent to an activating group) is 1. The Labute approximate surface area is 149 Å². The SMILES string of the molecule is CN[C@H]1COC[C@H](Cc2ccccc2)[C@@H](OCCCO)[C@H](C)OC1=O. The fraction of sp³-hybridized carbons (Fsp3) is 0.632. The van der Waals surface area contributed by atoms with Crippen molar-refractivity contribution < 1.29 is 24.1 Å². The summed E-state index contributed by atoms with van der Waals surface area (Å²) in [6.45, 7) is 3.11. The molecule has 0 saturated carbocycles. The number of nitrogens with one attached hydrogen (secondary N) is 1. The molecule has 0 unspecified atom stereocenters. The average Bonchev–Trinajstić information content (AvgIpc) is 2.66. The molecule has 0 amide bonds. The number of hydrogen-bond donors (Lipinski definition) is 2. The van der Waals surface area contributed by atoms with E-state index in [0.717, 1.165) is 6.42 Å². The smallest absolute Gasteiger partial charge is 0.325 e. The number of benzene rings is 1. The summed E-state index contributed by atoms with van der Waals surface area (Å²) in [5.41, 5.74) is 1.19. The van der Waals surface area contributed by atoms with Gasteiger partial charge in [-0.25, -0.2) is 0 Å². The molecule has 4 atom stereocenters. The standard InChI is InChI=1S/C19H29NO5/c1-14-18(24-10-6-9-21)16(11-15-7-4-3-5-8-15)12-23-13-17(20-2)19(22)25-14/h3-5,7-8,14,16-18,20-21H,6,9-13H2,1-2H3/t14-,16-,17-,18-/m0/s1. The van der Waals surface area contributed by atoms with Gasteiger partial charge in [0.25, 0.3) is 0 Å². The van der Waals surface area contributed by atoms with Gasteiger partial charge in [0.2, 0.25) is 0 Å². The van der Waals surface area contributed by atoms with Crippen molar-refractivity contribution >= 4 is 5.97 Å². The van der Waals surface area contributed by atoms with Gasteiger partial charge in [0.1, 0.15) is 12.1 Å². The highest BCUT2D eigenvalue weighted by Crippen LogP contribution is 2.22. The van der Waals surface area contributed by atoms with Crippen LogP contribution in [0.1, 0.15) is 18.9 Å². The van der Waals surface area contributed by atoms with Crippen LogP contribution in [0.15, 0.2) is 30.3 Å². The molecular weight excluding hydrogens is 322 g/mol. The lowest BCUT2D eigenvalue weighted by Gasteiger charge is -2.30. The van der Waals surface area contributed by atoms with Crippen LogP contribution in [-0.2, 0) is 25.4 Å². The van der Waals surface area contributed by atoms with Crippen molar-refractivity contribution in [3.8, 4) is 0 Å². The minimum absolute atomic E-state index is 0.0551. The van der Waals surface area contributed by atoms with Crippen LogP contribution in [0.5, 0.6) is 0 Å². The molecule has 1 aliphatic heterocycles. The number of ether oxygens (including phenoxy) is 3. The second-order valence-corrected chi connectivity index (χ2v) is 6.38.